The van der Waals surface area contributed by atoms with Gasteiger partial charge in [0, 0.05) is 12.0 Å². The van der Waals surface area contributed by atoms with E-state index >= 15 is 0 Å². The first-order valence-corrected chi connectivity index (χ1v) is 6.82. The highest BCUT2D eigenvalue weighted by molar-refractivity contribution is 6.35. The SMILES string of the molecule is O=C(O)c1cnn2c(Cl)c(Cc3ccccc3)c(Cl)nc12. The minimum Gasteiger partial charge on any atom is -0.477 e. The smallest absolute Gasteiger partial charge is 0.341 e. The number of aromatic carboxylic acids is 1. The van der Waals surface area contributed by atoms with Crippen molar-refractivity contribution in [3.63, 3.8) is 0 Å². The number of hydrogen-bond donors (Lipinski definition) is 1. The lowest BCUT2D eigenvalue weighted by molar-refractivity contribution is 0.0699. The molecule has 0 radical (unpaired) electrons. The molecule has 3 aromatic rings. The number of rotatable bonds is 3. The predicted octanol–water partition coefficient (Wildman–Crippen LogP) is 3.33. The summed E-state index contributed by atoms with van der Waals surface area (Å²) in [4.78, 5) is 15.2. The summed E-state index contributed by atoms with van der Waals surface area (Å²) in [5.41, 5.74) is 1.73. The summed E-state index contributed by atoms with van der Waals surface area (Å²) in [6.45, 7) is 0. The third kappa shape index (κ3) is 2.46. The van der Waals surface area contributed by atoms with Crippen molar-refractivity contribution < 1.29 is 9.90 Å². The fourth-order valence-corrected chi connectivity index (χ4v) is 2.63. The van der Waals surface area contributed by atoms with Crippen LogP contribution in [0.15, 0.2) is 36.5 Å². The van der Waals surface area contributed by atoms with Gasteiger partial charge in [0.25, 0.3) is 0 Å². The molecule has 1 N–H and O–H groups in total. The van der Waals surface area contributed by atoms with E-state index in [1.54, 1.807) is 0 Å². The van der Waals surface area contributed by atoms with Crippen molar-refractivity contribution >= 4 is 34.8 Å². The van der Waals surface area contributed by atoms with E-state index in [2.05, 4.69) is 10.1 Å². The molecule has 5 nitrogen and oxygen atoms in total. The molecule has 2 aromatic heterocycles. The lowest BCUT2D eigenvalue weighted by Gasteiger charge is -2.08. The number of carboxylic acid groups (broad SMARTS) is 1. The van der Waals surface area contributed by atoms with E-state index in [0.717, 1.165) is 5.56 Å². The van der Waals surface area contributed by atoms with Crippen molar-refractivity contribution in [1.82, 2.24) is 14.6 Å². The molecule has 1 aromatic carbocycles. The van der Waals surface area contributed by atoms with Gasteiger partial charge in [-0.2, -0.15) is 5.10 Å². The summed E-state index contributed by atoms with van der Waals surface area (Å²) in [7, 11) is 0. The zero-order valence-corrected chi connectivity index (χ0v) is 12.1. The average molecular weight is 322 g/mol. The van der Waals surface area contributed by atoms with Crippen molar-refractivity contribution in [1.29, 1.82) is 0 Å². The van der Waals surface area contributed by atoms with Gasteiger partial charge in [-0.15, -0.1) is 0 Å². The number of carbonyl (C=O) groups is 1. The summed E-state index contributed by atoms with van der Waals surface area (Å²) in [5.74, 6) is -1.12. The topological polar surface area (TPSA) is 67.5 Å². The molecule has 0 fully saturated rings. The van der Waals surface area contributed by atoms with E-state index in [1.807, 2.05) is 30.3 Å². The monoisotopic (exact) mass is 321 g/mol. The van der Waals surface area contributed by atoms with Gasteiger partial charge < -0.3 is 5.11 Å². The highest BCUT2D eigenvalue weighted by atomic mass is 35.5. The maximum absolute atomic E-state index is 11.1. The number of hydrogen-bond acceptors (Lipinski definition) is 3. The van der Waals surface area contributed by atoms with Crippen LogP contribution >= 0.6 is 23.2 Å². The molecule has 0 saturated carbocycles. The lowest BCUT2D eigenvalue weighted by atomic mass is 10.1. The number of halogens is 2. The van der Waals surface area contributed by atoms with Crippen molar-refractivity contribution in [3.8, 4) is 0 Å². The second kappa shape index (κ2) is 5.35. The fourth-order valence-electron chi connectivity index (χ4n) is 2.06. The van der Waals surface area contributed by atoms with Crippen molar-refractivity contribution in [3.05, 3.63) is 63.5 Å². The minimum atomic E-state index is -1.12. The second-order valence-corrected chi connectivity index (χ2v) is 5.15. The Hall–Kier alpha value is -2.11. The molecule has 0 unspecified atom stereocenters. The van der Waals surface area contributed by atoms with E-state index in [1.165, 1.54) is 10.7 Å². The van der Waals surface area contributed by atoms with Gasteiger partial charge in [-0.3, -0.25) is 0 Å². The molecule has 7 heteroatoms. The van der Waals surface area contributed by atoms with Gasteiger partial charge in [0.05, 0.1) is 6.20 Å². The molecular formula is C14H9Cl2N3O2. The molecular weight excluding hydrogens is 313 g/mol. The first kappa shape index (κ1) is 13.9. The molecule has 2 heterocycles. The summed E-state index contributed by atoms with van der Waals surface area (Å²) in [6, 6.07) is 9.64. The van der Waals surface area contributed by atoms with Gasteiger partial charge in [0.1, 0.15) is 15.9 Å². The normalized spacial score (nSPS) is 11.0. The second-order valence-electron chi connectivity index (χ2n) is 4.43. The Bertz CT molecular complexity index is 831. The van der Waals surface area contributed by atoms with E-state index in [4.69, 9.17) is 28.3 Å². The molecule has 0 saturated heterocycles. The molecule has 0 spiro atoms. The summed E-state index contributed by atoms with van der Waals surface area (Å²) >= 11 is 12.5. The van der Waals surface area contributed by atoms with Gasteiger partial charge in [0.15, 0.2) is 5.65 Å². The van der Waals surface area contributed by atoms with Crippen molar-refractivity contribution in [2.24, 2.45) is 0 Å². The molecule has 3 rings (SSSR count). The van der Waals surface area contributed by atoms with Crippen LogP contribution in [0, 0.1) is 0 Å². The number of aromatic nitrogens is 3. The van der Waals surface area contributed by atoms with Crippen LogP contribution in [0.3, 0.4) is 0 Å². The first-order chi connectivity index (χ1) is 10.1. The largest absolute Gasteiger partial charge is 0.477 e. The van der Waals surface area contributed by atoms with Gasteiger partial charge in [0.2, 0.25) is 0 Å². The van der Waals surface area contributed by atoms with E-state index in [9.17, 15) is 4.79 Å². The average Bonchev–Trinajstić information content (AvgIpc) is 2.88. The molecule has 0 bridgehead atoms. The molecule has 0 aliphatic heterocycles. The number of carboxylic acids is 1. The number of fused-ring (bicyclic) bond motifs is 1. The Morgan fingerprint density at radius 3 is 2.62 bits per heavy atom. The number of benzene rings is 1. The maximum atomic E-state index is 11.1. The quantitative estimate of drug-likeness (QED) is 0.751. The summed E-state index contributed by atoms with van der Waals surface area (Å²) in [5, 5.41) is 13.5. The Balaban J connectivity index is 2.14. The van der Waals surface area contributed by atoms with Gasteiger partial charge in [-0.05, 0) is 5.56 Å². The standard InChI is InChI=1S/C14H9Cl2N3O2/c15-11-9(6-8-4-2-1-3-5-8)12(16)19-13(18-11)10(7-17-19)14(20)21/h1-5,7H,6H2,(H,20,21). The highest BCUT2D eigenvalue weighted by Gasteiger charge is 2.19. The third-order valence-corrected chi connectivity index (χ3v) is 3.79. The number of nitrogens with zero attached hydrogens (tertiary/aromatic N) is 3. The van der Waals surface area contributed by atoms with Crippen LogP contribution < -0.4 is 0 Å². The Labute approximate surface area is 129 Å². The highest BCUT2D eigenvalue weighted by Crippen LogP contribution is 2.27. The third-order valence-electron chi connectivity index (χ3n) is 3.09. The minimum absolute atomic E-state index is 0.0370. The van der Waals surface area contributed by atoms with Crippen LogP contribution in [0.4, 0.5) is 0 Å². The van der Waals surface area contributed by atoms with Crippen molar-refractivity contribution in [2.45, 2.75) is 6.42 Å². The molecule has 0 aliphatic rings. The van der Waals surface area contributed by atoms with Crippen LogP contribution in [0.2, 0.25) is 10.3 Å². The Morgan fingerprint density at radius 2 is 1.95 bits per heavy atom. The molecule has 21 heavy (non-hydrogen) atoms. The summed E-state index contributed by atoms with van der Waals surface area (Å²) in [6.07, 6.45) is 1.70. The zero-order chi connectivity index (χ0) is 15.0. The Morgan fingerprint density at radius 1 is 1.24 bits per heavy atom. The maximum Gasteiger partial charge on any atom is 0.341 e. The molecule has 106 valence electrons. The molecule has 0 aliphatic carbocycles. The summed E-state index contributed by atoms with van der Waals surface area (Å²) < 4.78 is 1.29. The molecule has 0 amide bonds. The van der Waals surface area contributed by atoms with Gasteiger partial charge in [-0.1, -0.05) is 53.5 Å². The van der Waals surface area contributed by atoms with Gasteiger partial charge in [-0.25, -0.2) is 14.3 Å². The van der Waals surface area contributed by atoms with Crippen LogP contribution in [-0.2, 0) is 6.42 Å². The lowest BCUT2D eigenvalue weighted by Crippen LogP contribution is -2.03. The van der Waals surface area contributed by atoms with Crippen LogP contribution in [0.1, 0.15) is 21.5 Å². The van der Waals surface area contributed by atoms with Gasteiger partial charge >= 0.3 is 5.97 Å². The van der Waals surface area contributed by atoms with Crippen LogP contribution in [0.5, 0.6) is 0 Å². The fraction of sp³-hybridized carbons (Fsp3) is 0.0714. The van der Waals surface area contributed by atoms with E-state index < -0.39 is 5.97 Å². The van der Waals surface area contributed by atoms with Crippen LogP contribution in [0.25, 0.3) is 5.65 Å². The Kier molecular flexibility index (Phi) is 3.53. The predicted molar refractivity (Wildman–Crippen MR) is 79.2 cm³/mol. The van der Waals surface area contributed by atoms with Crippen molar-refractivity contribution in [2.75, 3.05) is 0 Å². The first-order valence-electron chi connectivity index (χ1n) is 6.06. The van der Waals surface area contributed by atoms with E-state index in [-0.39, 0.29) is 21.5 Å². The van der Waals surface area contributed by atoms with Crippen LogP contribution in [-0.4, -0.2) is 25.7 Å². The zero-order valence-electron chi connectivity index (χ0n) is 10.6. The molecule has 0 atom stereocenters. The van der Waals surface area contributed by atoms with E-state index in [0.29, 0.717) is 12.0 Å².